The van der Waals surface area contributed by atoms with Gasteiger partial charge in [0.25, 0.3) is 6.43 Å². The molecule has 0 unspecified atom stereocenters. The fourth-order valence-electron chi connectivity index (χ4n) is 3.13. The summed E-state index contributed by atoms with van der Waals surface area (Å²) < 4.78 is 53.2. The minimum Gasteiger partial charge on any atom is -0.263 e. The Morgan fingerprint density at radius 1 is 1.32 bits per heavy atom. The largest absolute Gasteiger partial charge is 0.291 e. The Morgan fingerprint density at radius 3 is 2.61 bits per heavy atom. The maximum atomic E-state index is 12.9. The zero-order chi connectivity index (χ0) is 20.3. The van der Waals surface area contributed by atoms with Gasteiger partial charge in [-0.3, -0.25) is 4.68 Å². The fourth-order valence-corrected chi connectivity index (χ4v) is 6.17. The highest BCUT2D eigenvalue weighted by molar-refractivity contribution is 7.91. The van der Waals surface area contributed by atoms with Crippen LogP contribution in [0, 0.1) is 5.41 Å². The van der Waals surface area contributed by atoms with Crippen molar-refractivity contribution in [3.8, 4) is 10.7 Å². The molecule has 11 heteroatoms. The first-order valence-corrected chi connectivity index (χ1v) is 11.5. The van der Waals surface area contributed by atoms with Gasteiger partial charge in [0, 0.05) is 11.9 Å². The van der Waals surface area contributed by atoms with Crippen molar-refractivity contribution in [2.24, 2.45) is 5.41 Å². The molecule has 28 heavy (non-hydrogen) atoms. The van der Waals surface area contributed by atoms with E-state index in [0.717, 1.165) is 24.2 Å². The van der Waals surface area contributed by atoms with Crippen LogP contribution in [0.5, 0.6) is 0 Å². The Balaban J connectivity index is 1.89. The van der Waals surface area contributed by atoms with E-state index >= 15 is 0 Å². The third-order valence-electron chi connectivity index (χ3n) is 4.90. The highest BCUT2D eigenvalue weighted by atomic mass is 35.5. The van der Waals surface area contributed by atoms with E-state index in [9.17, 15) is 17.2 Å². The molecule has 0 bridgehead atoms. The molecule has 1 fully saturated rings. The number of fused-ring (bicyclic) bond motifs is 1. The van der Waals surface area contributed by atoms with Crippen molar-refractivity contribution in [2.75, 3.05) is 5.75 Å². The van der Waals surface area contributed by atoms with E-state index in [-0.39, 0.29) is 26.1 Å². The third-order valence-corrected chi connectivity index (χ3v) is 8.16. The van der Waals surface area contributed by atoms with E-state index in [0.29, 0.717) is 23.1 Å². The predicted molar refractivity (Wildman–Crippen MR) is 104 cm³/mol. The van der Waals surface area contributed by atoms with Crippen molar-refractivity contribution in [3.05, 3.63) is 22.2 Å². The van der Waals surface area contributed by atoms with E-state index in [1.165, 1.54) is 12.1 Å². The molecule has 4 rings (SSSR count). The average molecular weight is 447 g/mol. The van der Waals surface area contributed by atoms with Gasteiger partial charge >= 0.3 is 0 Å². The summed E-state index contributed by atoms with van der Waals surface area (Å²) in [5, 5.41) is 12.2. The van der Waals surface area contributed by atoms with E-state index < -0.39 is 21.3 Å². The van der Waals surface area contributed by atoms with Gasteiger partial charge in [0.1, 0.15) is 5.69 Å². The number of nitrogens with zero attached hydrogens (tertiary/aromatic N) is 4. The number of hydrogen-bond donors (Lipinski definition) is 0. The first kappa shape index (κ1) is 19.7. The summed E-state index contributed by atoms with van der Waals surface area (Å²) >= 11 is 7.15. The number of halogens is 3. The van der Waals surface area contributed by atoms with E-state index in [1.807, 2.05) is 13.8 Å². The lowest BCUT2D eigenvalue weighted by Gasteiger charge is -2.11. The Labute approximate surface area is 169 Å². The molecule has 0 spiro atoms. The normalized spacial score (nSPS) is 16.2. The van der Waals surface area contributed by atoms with Gasteiger partial charge in [-0.2, -0.15) is 5.10 Å². The lowest BCUT2D eigenvalue weighted by atomic mass is 10.2. The number of sulfone groups is 1. The van der Waals surface area contributed by atoms with Crippen LogP contribution in [0.25, 0.3) is 21.6 Å². The first-order valence-electron chi connectivity index (χ1n) is 8.68. The van der Waals surface area contributed by atoms with Gasteiger partial charge in [-0.1, -0.05) is 29.9 Å². The summed E-state index contributed by atoms with van der Waals surface area (Å²) in [7, 11) is -3.55. The molecular weight excluding hydrogens is 430 g/mol. The minimum absolute atomic E-state index is 0.0490. The molecule has 6 nitrogen and oxygen atoms in total. The standard InChI is InChI=1S/C17H17ClF2N4O2S2/c1-3-24-13-10(12(23-24)15-21-22-16(27-15)14(19)20)6-9(7-11(13)18)28(25,26)8-17(2)4-5-17/h6-7,14H,3-5,8H2,1-2H3. The molecule has 0 aliphatic heterocycles. The van der Waals surface area contributed by atoms with Crippen molar-refractivity contribution in [3.63, 3.8) is 0 Å². The van der Waals surface area contributed by atoms with Gasteiger partial charge in [0.2, 0.25) is 0 Å². The predicted octanol–water partition coefficient (Wildman–Crippen LogP) is 4.74. The van der Waals surface area contributed by atoms with Crippen molar-refractivity contribution in [2.45, 2.75) is 44.6 Å². The summed E-state index contributed by atoms with van der Waals surface area (Å²) in [5.74, 6) is 0.0490. The number of rotatable bonds is 6. The van der Waals surface area contributed by atoms with Crippen LogP contribution in [0.3, 0.4) is 0 Å². The van der Waals surface area contributed by atoms with Gasteiger partial charge in [0.15, 0.2) is 19.9 Å². The van der Waals surface area contributed by atoms with Gasteiger partial charge in [0.05, 0.1) is 21.2 Å². The van der Waals surface area contributed by atoms with Crippen LogP contribution in [0.2, 0.25) is 5.02 Å². The van der Waals surface area contributed by atoms with Gasteiger partial charge in [-0.05, 0) is 37.3 Å². The van der Waals surface area contributed by atoms with Crippen LogP contribution >= 0.6 is 22.9 Å². The minimum atomic E-state index is -3.55. The summed E-state index contributed by atoms with van der Waals surface area (Å²) in [5.41, 5.74) is 0.657. The maximum Gasteiger partial charge on any atom is 0.291 e. The Bertz CT molecular complexity index is 1170. The summed E-state index contributed by atoms with van der Waals surface area (Å²) in [6.45, 7) is 4.27. The van der Waals surface area contributed by atoms with Crippen molar-refractivity contribution in [1.29, 1.82) is 0 Å². The van der Waals surface area contributed by atoms with Crippen LogP contribution in [-0.4, -0.2) is 34.1 Å². The Hall–Kier alpha value is -1.65. The zero-order valence-corrected chi connectivity index (χ0v) is 17.5. The quantitative estimate of drug-likeness (QED) is 0.546. The summed E-state index contributed by atoms with van der Waals surface area (Å²) in [4.78, 5) is 0.105. The van der Waals surface area contributed by atoms with Crippen LogP contribution in [0.1, 0.15) is 38.1 Å². The Morgan fingerprint density at radius 2 is 2.04 bits per heavy atom. The highest BCUT2D eigenvalue weighted by Crippen LogP contribution is 2.47. The van der Waals surface area contributed by atoms with Crippen molar-refractivity contribution in [1.82, 2.24) is 20.0 Å². The third kappa shape index (κ3) is 3.42. The second-order valence-corrected chi connectivity index (χ2v) is 10.7. The molecule has 0 amide bonds. The lowest BCUT2D eigenvalue weighted by Crippen LogP contribution is -2.14. The molecule has 1 saturated carbocycles. The fraction of sp³-hybridized carbons (Fsp3) is 0.471. The number of aromatic nitrogens is 4. The molecule has 150 valence electrons. The van der Waals surface area contributed by atoms with Crippen molar-refractivity contribution >= 4 is 43.7 Å². The van der Waals surface area contributed by atoms with Crippen LogP contribution in [0.4, 0.5) is 8.78 Å². The van der Waals surface area contributed by atoms with Crippen LogP contribution < -0.4 is 0 Å². The van der Waals surface area contributed by atoms with Gasteiger partial charge in [-0.15, -0.1) is 10.2 Å². The molecule has 2 aromatic heterocycles. The monoisotopic (exact) mass is 446 g/mol. The molecule has 1 aromatic carbocycles. The Kier molecular flexibility index (Phi) is 4.71. The summed E-state index contributed by atoms with van der Waals surface area (Å²) in [6, 6.07) is 2.95. The molecule has 3 aromatic rings. The van der Waals surface area contributed by atoms with Gasteiger partial charge < -0.3 is 0 Å². The van der Waals surface area contributed by atoms with Crippen LogP contribution in [-0.2, 0) is 16.4 Å². The maximum absolute atomic E-state index is 12.9. The smallest absolute Gasteiger partial charge is 0.263 e. The molecular formula is C17H17ClF2N4O2S2. The van der Waals surface area contributed by atoms with Crippen LogP contribution in [0.15, 0.2) is 17.0 Å². The van der Waals surface area contributed by atoms with Gasteiger partial charge in [-0.25, -0.2) is 17.2 Å². The molecule has 1 aliphatic rings. The van der Waals surface area contributed by atoms with Crippen molar-refractivity contribution < 1.29 is 17.2 Å². The highest BCUT2D eigenvalue weighted by Gasteiger charge is 2.42. The second kappa shape index (κ2) is 6.70. The van der Waals surface area contributed by atoms with E-state index in [1.54, 1.807) is 4.68 Å². The molecule has 0 saturated heterocycles. The number of benzene rings is 1. The first-order chi connectivity index (χ1) is 13.1. The molecule has 2 heterocycles. The van der Waals surface area contributed by atoms with E-state index in [4.69, 9.17) is 11.6 Å². The second-order valence-electron chi connectivity index (χ2n) is 7.28. The molecule has 0 N–H and O–H groups in total. The molecule has 1 aliphatic carbocycles. The molecule has 0 atom stereocenters. The number of alkyl halides is 2. The number of aryl methyl sites for hydroxylation is 1. The number of hydrogen-bond acceptors (Lipinski definition) is 6. The lowest BCUT2D eigenvalue weighted by molar-refractivity contribution is 0.150. The zero-order valence-electron chi connectivity index (χ0n) is 15.1. The summed E-state index contributed by atoms with van der Waals surface area (Å²) in [6.07, 6.45) is -0.977. The average Bonchev–Trinajstić information content (AvgIpc) is 3.04. The topological polar surface area (TPSA) is 77.7 Å². The molecule has 0 radical (unpaired) electrons. The van der Waals surface area contributed by atoms with E-state index in [2.05, 4.69) is 15.3 Å². The SMILES string of the molecule is CCn1nc(-c2nnc(C(F)F)s2)c2cc(S(=O)(=O)CC3(C)CC3)cc(Cl)c21.